The molecule has 34 heavy (non-hydrogen) atoms. The Morgan fingerprint density at radius 3 is 2.09 bits per heavy atom. The molecule has 0 aliphatic heterocycles. The van der Waals surface area contributed by atoms with Gasteiger partial charge in [0, 0.05) is 11.6 Å². The maximum atomic E-state index is 13.2. The molecule has 0 atom stereocenters. The molecule has 0 aliphatic rings. The van der Waals surface area contributed by atoms with Crippen molar-refractivity contribution in [2.45, 2.75) is 34.3 Å². The fourth-order valence-corrected chi connectivity index (χ4v) is 3.88. The Labute approximate surface area is 198 Å². The number of hydrogen-bond acceptors (Lipinski definition) is 6. The lowest BCUT2D eigenvalue weighted by molar-refractivity contribution is 0.0692. The number of aryl methyl sites for hydroxylation is 1. The van der Waals surface area contributed by atoms with Gasteiger partial charge in [-0.25, -0.2) is 9.59 Å². The van der Waals surface area contributed by atoms with Gasteiger partial charge in [0.2, 0.25) is 0 Å². The fourth-order valence-electron chi connectivity index (χ4n) is 3.88. The molecule has 0 saturated carbocycles. The number of carbonyl (C=O) groups excluding carboxylic acids is 1. The number of rotatable bonds is 8. The van der Waals surface area contributed by atoms with E-state index in [0.29, 0.717) is 40.4 Å². The maximum absolute atomic E-state index is 13.2. The minimum atomic E-state index is -1.11. The van der Waals surface area contributed by atoms with Gasteiger partial charge in [0.15, 0.2) is 0 Å². The quantitative estimate of drug-likeness (QED) is 0.351. The molecule has 0 fully saturated rings. The first kappa shape index (κ1) is 24.6. The third kappa shape index (κ3) is 4.83. The first-order valence-electron chi connectivity index (χ1n) is 10.7. The first-order chi connectivity index (χ1) is 16.2. The van der Waals surface area contributed by atoms with Gasteiger partial charge in [-0.15, -0.1) is 0 Å². The summed E-state index contributed by atoms with van der Waals surface area (Å²) in [5.41, 5.74) is 3.37. The zero-order valence-electron chi connectivity index (χ0n) is 20.1. The summed E-state index contributed by atoms with van der Waals surface area (Å²) >= 11 is 0. The molecule has 0 saturated heterocycles. The number of hydrogen-bond donors (Lipinski definition) is 1. The Hall–Kier alpha value is -4.00. The van der Waals surface area contributed by atoms with Crippen molar-refractivity contribution in [2.24, 2.45) is 0 Å². The molecule has 1 N–H and O–H groups in total. The van der Waals surface area contributed by atoms with Crippen LogP contribution in [0.3, 0.4) is 0 Å². The van der Waals surface area contributed by atoms with Crippen molar-refractivity contribution in [1.29, 1.82) is 0 Å². The van der Waals surface area contributed by atoms with Gasteiger partial charge < -0.3 is 24.1 Å². The third-order valence-corrected chi connectivity index (χ3v) is 5.74. The van der Waals surface area contributed by atoms with Crippen LogP contribution in [0.2, 0.25) is 0 Å². The summed E-state index contributed by atoms with van der Waals surface area (Å²) in [6.45, 7) is 7.17. The average Bonchev–Trinajstić information content (AvgIpc) is 2.82. The highest BCUT2D eigenvalue weighted by Crippen LogP contribution is 2.39. The molecule has 0 heterocycles. The summed E-state index contributed by atoms with van der Waals surface area (Å²) in [5.74, 6) is -0.441. The molecular weight excluding hydrogens is 436 g/mol. The van der Waals surface area contributed by atoms with Crippen LogP contribution in [0.1, 0.15) is 48.5 Å². The lowest BCUT2D eigenvalue weighted by Crippen LogP contribution is -2.16. The summed E-state index contributed by atoms with van der Waals surface area (Å²) in [4.78, 5) is 25.0. The standard InChI is InChI=1S/C27H28O7/c1-15-12-20(33-14-19-10-8-7-9-11-19)13-21(31-5)22(15)27(30)34-24-17(3)16(2)23(26(28)29)25(32-6)18(24)4/h7-13H,14H2,1-6H3,(H,28,29). The second-order valence-corrected chi connectivity index (χ2v) is 7.90. The predicted molar refractivity (Wildman–Crippen MR) is 128 cm³/mol. The highest BCUT2D eigenvalue weighted by molar-refractivity contribution is 5.98. The molecule has 3 aromatic rings. The van der Waals surface area contributed by atoms with Gasteiger partial charge in [0.25, 0.3) is 0 Å². The molecule has 3 aromatic carbocycles. The molecule has 178 valence electrons. The molecule has 0 unspecified atom stereocenters. The van der Waals surface area contributed by atoms with E-state index in [1.807, 2.05) is 30.3 Å². The number of carboxylic acids is 1. The van der Waals surface area contributed by atoms with Crippen molar-refractivity contribution in [1.82, 2.24) is 0 Å². The maximum Gasteiger partial charge on any atom is 0.347 e. The Kier molecular flexibility index (Phi) is 7.46. The van der Waals surface area contributed by atoms with Gasteiger partial charge >= 0.3 is 11.9 Å². The van der Waals surface area contributed by atoms with Crippen LogP contribution < -0.4 is 18.9 Å². The molecule has 0 bridgehead atoms. The van der Waals surface area contributed by atoms with Crippen LogP contribution in [0.5, 0.6) is 23.0 Å². The van der Waals surface area contributed by atoms with Crippen LogP contribution in [0.25, 0.3) is 0 Å². The van der Waals surface area contributed by atoms with Crippen molar-refractivity contribution in [3.8, 4) is 23.0 Å². The Morgan fingerprint density at radius 2 is 1.50 bits per heavy atom. The molecule has 0 aromatic heterocycles. The van der Waals surface area contributed by atoms with Gasteiger partial charge in [-0.3, -0.25) is 0 Å². The molecule has 0 aliphatic carbocycles. The number of carbonyl (C=O) groups is 2. The van der Waals surface area contributed by atoms with E-state index in [-0.39, 0.29) is 22.6 Å². The topological polar surface area (TPSA) is 91.3 Å². The predicted octanol–water partition coefficient (Wildman–Crippen LogP) is 5.43. The Morgan fingerprint density at radius 1 is 0.824 bits per heavy atom. The van der Waals surface area contributed by atoms with E-state index in [1.165, 1.54) is 14.2 Å². The van der Waals surface area contributed by atoms with Crippen LogP contribution in [0, 0.1) is 27.7 Å². The third-order valence-electron chi connectivity index (χ3n) is 5.74. The highest BCUT2D eigenvalue weighted by atomic mass is 16.5. The summed E-state index contributed by atoms with van der Waals surface area (Å²) in [5, 5.41) is 9.61. The summed E-state index contributed by atoms with van der Waals surface area (Å²) < 4.78 is 22.5. The number of esters is 1. The van der Waals surface area contributed by atoms with Gasteiger partial charge in [0.05, 0.1) is 14.2 Å². The monoisotopic (exact) mass is 464 g/mol. The average molecular weight is 465 g/mol. The summed E-state index contributed by atoms with van der Waals surface area (Å²) in [6.07, 6.45) is 0. The van der Waals surface area contributed by atoms with Crippen molar-refractivity contribution in [3.63, 3.8) is 0 Å². The fraction of sp³-hybridized carbons (Fsp3) is 0.259. The van der Waals surface area contributed by atoms with Gasteiger partial charge in [-0.1, -0.05) is 30.3 Å². The van der Waals surface area contributed by atoms with Crippen molar-refractivity contribution in [2.75, 3.05) is 14.2 Å². The molecule has 0 radical (unpaired) electrons. The second kappa shape index (κ2) is 10.3. The van der Waals surface area contributed by atoms with Gasteiger partial charge in [0.1, 0.15) is 40.7 Å². The summed E-state index contributed by atoms with van der Waals surface area (Å²) in [7, 11) is 2.86. The van der Waals surface area contributed by atoms with E-state index < -0.39 is 11.9 Å². The molecule has 3 rings (SSSR count). The van der Waals surface area contributed by atoms with Crippen LogP contribution in [-0.2, 0) is 6.61 Å². The molecule has 7 heteroatoms. The first-order valence-corrected chi connectivity index (χ1v) is 10.7. The second-order valence-electron chi connectivity index (χ2n) is 7.90. The van der Waals surface area contributed by atoms with Crippen LogP contribution in [0.4, 0.5) is 0 Å². The van der Waals surface area contributed by atoms with Gasteiger partial charge in [-0.05, 0) is 56.0 Å². The molecule has 7 nitrogen and oxygen atoms in total. The van der Waals surface area contributed by atoms with E-state index in [0.717, 1.165) is 5.56 Å². The van der Waals surface area contributed by atoms with E-state index in [1.54, 1.807) is 39.8 Å². The lowest BCUT2D eigenvalue weighted by atomic mass is 9.97. The Bertz CT molecular complexity index is 1230. The van der Waals surface area contributed by atoms with Gasteiger partial charge in [-0.2, -0.15) is 0 Å². The lowest BCUT2D eigenvalue weighted by Gasteiger charge is -2.20. The van der Waals surface area contributed by atoms with Crippen LogP contribution in [0.15, 0.2) is 42.5 Å². The zero-order valence-corrected chi connectivity index (χ0v) is 20.1. The molecule has 0 amide bonds. The smallest absolute Gasteiger partial charge is 0.347 e. The number of benzene rings is 3. The van der Waals surface area contributed by atoms with Crippen LogP contribution in [-0.4, -0.2) is 31.3 Å². The molecular formula is C27H28O7. The molecule has 0 spiro atoms. The largest absolute Gasteiger partial charge is 0.496 e. The van der Waals surface area contributed by atoms with E-state index in [4.69, 9.17) is 18.9 Å². The minimum Gasteiger partial charge on any atom is -0.496 e. The number of methoxy groups -OCH3 is 2. The van der Waals surface area contributed by atoms with Crippen LogP contribution >= 0.6 is 0 Å². The highest BCUT2D eigenvalue weighted by Gasteiger charge is 2.27. The summed E-state index contributed by atoms with van der Waals surface area (Å²) in [6, 6.07) is 13.1. The number of ether oxygens (including phenoxy) is 4. The van der Waals surface area contributed by atoms with E-state index in [2.05, 4.69) is 0 Å². The Balaban J connectivity index is 1.95. The normalized spacial score (nSPS) is 10.5. The van der Waals surface area contributed by atoms with Crippen molar-refractivity contribution in [3.05, 3.63) is 81.4 Å². The van der Waals surface area contributed by atoms with Crippen molar-refractivity contribution < 1.29 is 33.6 Å². The number of carboxylic acid groups (broad SMARTS) is 1. The minimum absolute atomic E-state index is 0.0472. The van der Waals surface area contributed by atoms with E-state index in [9.17, 15) is 14.7 Å². The zero-order chi connectivity index (χ0) is 25.0. The SMILES string of the molecule is COc1cc(OCc2ccccc2)cc(C)c1C(=O)Oc1c(C)c(C)c(C(=O)O)c(OC)c1C. The van der Waals surface area contributed by atoms with Crippen molar-refractivity contribution >= 4 is 11.9 Å². The van der Waals surface area contributed by atoms with E-state index >= 15 is 0 Å². The number of aromatic carboxylic acids is 1.